The van der Waals surface area contributed by atoms with Crippen molar-refractivity contribution in [3.05, 3.63) is 22.7 Å². The first-order chi connectivity index (χ1) is 8.38. The Morgan fingerprint density at radius 2 is 2.06 bits per heavy atom. The number of halogens is 1. The molecule has 98 valence electrons. The molecular formula is C10H12BrN3O3S. The number of anilines is 1. The van der Waals surface area contributed by atoms with E-state index in [2.05, 4.69) is 21.2 Å². The average Bonchev–Trinajstić information content (AvgIpc) is 3.04. The zero-order valence-corrected chi connectivity index (χ0v) is 11.7. The van der Waals surface area contributed by atoms with Crippen molar-refractivity contribution in [1.82, 2.24) is 10.0 Å². The van der Waals surface area contributed by atoms with Crippen LogP contribution in [0.5, 0.6) is 0 Å². The fourth-order valence-corrected chi connectivity index (χ4v) is 2.77. The second-order valence-corrected chi connectivity index (χ2v) is 6.57. The summed E-state index contributed by atoms with van der Waals surface area (Å²) >= 11 is 3.14. The lowest BCUT2D eigenvalue weighted by atomic mass is 10.3. The molecule has 6 nitrogen and oxygen atoms in total. The maximum Gasteiger partial charge on any atom is 0.328 e. The Labute approximate surface area is 113 Å². The number of amides is 2. The van der Waals surface area contributed by atoms with Crippen LogP contribution in [0.4, 0.5) is 10.5 Å². The fraction of sp³-hybridized carbons (Fsp3) is 0.300. The van der Waals surface area contributed by atoms with Gasteiger partial charge in [0.1, 0.15) is 0 Å². The Morgan fingerprint density at radius 3 is 2.61 bits per heavy atom. The molecule has 1 aromatic carbocycles. The molecule has 0 radical (unpaired) electrons. The van der Waals surface area contributed by atoms with Crippen LogP contribution < -0.4 is 15.8 Å². The summed E-state index contributed by atoms with van der Waals surface area (Å²) in [6.07, 6.45) is 1.78. The molecule has 1 aliphatic rings. The van der Waals surface area contributed by atoms with Gasteiger partial charge in [0, 0.05) is 16.2 Å². The number of nitrogens with two attached hydrogens (primary N) is 1. The van der Waals surface area contributed by atoms with E-state index in [0.29, 0.717) is 10.2 Å². The molecule has 2 rings (SSSR count). The maximum atomic E-state index is 11.9. The molecule has 1 fully saturated rings. The first-order valence-electron chi connectivity index (χ1n) is 5.27. The summed E-state index contributed by atoms with van der Waals surface area (Å²) in [5, 5.41) is 2.54. The molecule has 1 aliphatic carbocycles. The van der Waals surface area contributed by atoms with Gasteiger partial charge in [0.15, 0.2) is 0 Å². The van der Waals surface area contributed by atoms with Crippen LogP contribution in [0.3, 0.4) is 0 Å². The zero-order chi connectivity index (χ0) is 13.3. The number of benzene rings is 1. The summed E-state index contributed by atoms with van der Waals surface area (Å²) in [5.74, 6) is 0. The molecule has 0 heterocycles. The summed E-state index contributed by atoms with van der Waals surface area (Å²) in [5.41, 5.74) is 5.99. The molecule has 0 saturated heterocycles. The van der Waals surface area contributed by atoms with Crippen LogP contribution >= 0.6 is 15.9 Å². The summed E-state index contributed by atoms with van der Waals surface area (Å²) in [6.45, 7) is 0. The topological polar surface area (TPSA) is 101 Å². The van der Waals surface area contributed by atoms with Crippen molar-refractivity contribution in [2.24, 2.45) is 0 Å². The number of hydrogen-bond acceptors (Lipinski definition) is 4. The van der Waals surface area contributed by atoms with Crippen molar-refractivity contribution in [2.45, 2.75) is 23.8 Å². The van der Waals surface area contributed by atoms with Gasteiger partial charge in [-0.25, -0.2) is 17.9 Å². The third-order valence-corrected chi connectivity index (χ3v) is 4.44. The highest BCUT2D eigenvalue weighted by atomic mass is 79.9. The highest BCUT2D eigenvalue weighted by Gasteiger charge is 2.26. The largest absolute Gasteiger partial charge is 0.398 e. The van der Waals surface area contributed by atoms with Gasteiger partial charge in [0.2, 0.25) is 0 Å². The van der Waals surface area contributed by atoms with E-state index in [9.17, 15) is 13.2 Å². The van der Waals surface area contributed by atoms with Gasteiger partial charge < -0.3 is 11.1 Å². The van der Waals surface area contributed by atoms with Gasteiger partial charge in [-0.05, 0) is 47.0 Å². The van der Waals surface area contributed by atoms with E-state index in [0.717, 1.165) is 12.8 Å². The number of sulfonamides is 1. The van der Waals surface area contributed by atoms with E-state index in [1.54, 1.807) is 0 Å². The van der Waals surface area contributed by atoms with E-state index in [4.69, 9.17) is 5.73 Å². The van der Waals surface area contributed by atoms with Gasteiger partial charge in [-0.2, -0.15) is 0 Å². The standard InChI is InChI=1S/C10H12BrN3O3S/c11-8-5-7(3-4-9(8)12)18(16,17)14-10(15)13-6-1-2-6/h3-6H,1-2,12H2,(H2,13,14,15). The molecule has 2 amide bonds. The molecular weight excluding hydrogens is 322 g/mol. The third-order valence-electron chi connectivity index (χ3n) is 2.42. The van der Waals surface area contributed by atoms with Crippen LogP contribution in [0.1, 0.15) is 12.8 Å². The van der Waals surface area contributed by atoms with E-state index in [1.165, 1.54) is 18.2 Å². The summed E-state index contributed by atoms with van der Waals surface area (Å²) < 4.78 is 26.2. The molecule has 1 saturated carbocycles. The number of carbonyl (C=O) groups excluding carboxylic acids is 1. The lowest BCUT2D eigenvalue weighted by Gasteiger charge is -2.08. The van der Waals surface area contributed by atoms with Crippen LogP contribution in [0.25, 0.3) is 0 Å². The van der Waals surface area contributed by atoms with Crippen LogP contribution in [-0.4, -0.2) is 20.5 Å². The molecule has 0 bridgehead atoms. The summed E-state index contributed by atoms with van der Waals surface area (Å²) in [7, 11) is -3.86. The number of rotatable bonds is 3. The molecule has 0 aliphatic heterocycles. The summed E-state index contributed by atoms with van der Waals surface area (Å²) in [4.78, 5) is 11.4. The normalized spacial score (nSPS) is 15.2. The minimum absolute atomic E-state index is 0.0190. The Kier molecular flexibility index (Phi) is 3.49. The quantitative estimate of drug-likeness (QED) is 0.723. The molecule has 0 aromatic heterocycles. The number of hydrogen-bond donors (Lipinski definition) is 3. The second kappa shape index (κ2) is 4.77. The van der Waals surface area contributed by atoms with Crippen molar-refractivity contribution < 1.29 is 13.2 Å². The summed E-state index contributed by atoms with van der Waals surface area (Å²) in [6, 6.07) is 3.54. The van der Waals surface area contributed by atoms with Crippen LogP contribution in [0.2, 0.25) is 0 Å². The van der Waals surface area contributed by atoms with Crippen LogP contribution in [-0.2, 0) is 10.0 Å². The monoisotopic (exact) mass is 333 g/mol. The van der Waals surface area contributed by atoms with Gasteiger partial charge in [0.05, 0.1) is 4.90 Å². The van der Waals surface area contributed by atoms with Gasteiger partial charge in [-0.3, -0.25) is 0 Å². The van der Waals surface area contributed by atoms with Crippen molar-refractivity contribution in [2.75, 3.05) is 5.73 Å². The SMILES string of the molecule is Nc1ccc(S(=O)(=O)NC(=O)NC2CC2)cc1Br. The van der Waals surface area contributed by atoms with E-state index < -0.39 is 16.1 Å². The minimum Gasteiger partial charge on any atom is -0.398 e. The van der Waals surface area contributed by atoms with E-state index in [-0.39, 0.29) is 10.9 Å². The predicted molar refractivity (Wildman–Crippen MR) is 70.4 cm³/mol. The first-order valence-corrected chi connectivity index (χ1v) is 7.54. The number of nitrogen functional groups attached to an aromatic ring is 1. The van der Waals surface area contributed by atoms with Crippen LogP contribution in [0.15, 0.2) is 27.6 Å². The highest BCUT2D eigenvalue weighted by molar-refractivity contribution is 9.10. The maximum absolute atomic E-state index is 11.9. The van der Waals surface area contributed by atoms with E-state index >= 15 is 0 Å². The van der Waals surface area contributed by atoms with Gasteiger partial charge >= 0.3 is 6.03 Å². The molecule has 18 heavy (non-hydrogen) atoms. The lowest BCUT2D eigenvalue weighted by molar-refractivity contribution is 0.245. The average molecular weight is 334 g/mol. The van der Waals surface area contributed by atoms with E-state index in [1.807, 2.05) is 4.72 Å². The number of urea groups is 1. The lowest BCUT2D eigenvalue weighted by Crippen LogP contribution is -2.40. The number of carbonyl (C=O) groups is 1. The molecule has 4 N–H and O–H groups in total. The molecule has 0 unspecified atom stereocenters. The molecule has 0 atom stereocenters. The van der Waals surface area contributed by atoms with Crippen LogP contribution in [0, 0.1) is 0 Å². The third kappa shape index (κ3) is 3.14. The molecule has 0 spiro atoms. The Morgan fingerprint density at radius 1 is 1.39 bits per heavy atom. The number of nitrogens with one attached hydrogen (secondary N) is 2. The smallest absolute Gasteiger partial charge is 0.328 e. The second-order valence-electron chi connectivity index (χ2n) is 4.04. The van der Waals surface area contributed by atoms with Crippen molar-refractivity contribution in [1.29, 1.82) is 0 Å². The Hall–Kier alpha value is -1.28. The van der Waals surface area contributed by atoms with Gasteiger partial charge in [-0.1, -0.05) is 0 Å². The molecule has 1 aromatic rings. The van der Waals surface area contributed by atoms with Crippen molar-refractivity contribution >= 4 is 37.7 Å². The Bertz CT molecular complexity index is 584. The van der Waals surface area contributed by atoms with Crippen molar-refractivity contribution in [3.63, 3.8) is 0 Å². The Balaban J connectivity index is 2.13. The highest BCUT2D eigenvalue weighted by Crippen LogP contribution is 2.23. The predicted octanol–water partition coefficient (Wildman–Crippen LogP) is 1.18. The van der Waals surface area contributed by atoms with Crippen molar-refractivity contribution in [3.8, 4) is 0 Å². The zero-order valence-electron chi connectivity index (χ0n) is 9.31. The molecule has 8 heteroatoms. The minimum atomic E-state index is -3.86. The van der Waals surface area contributed by atoms with Gasteiger partial charge in [0.25, 0.3) is 10.0 Å². The first kappa shape index (κ1) is 13.2. The fourth-order valence-electron chi connectivity index (χ4n) is 1.30. The van der Waals surface area contributed by atoms with Gasteiger partial charge in [-0.15, -0.1) is 0 Å².